The fourth-order valence-corrected chi connectivity index (χ4v) is 2.62. The topological polar surface area (TPSA) is 45.7 Å². The molecule has 0 amide bonds. The Hall–Kier alpha value is -0.980. The number of hydrogen-bond donors (Lipinski definition) is 2. The van der Waals surface area contributed by atoms with Crippen LogP contribution in [0.1, 0.15) is 38.5 Å². The summed E-state index contributed by atoms with van der Waals surface area (Å²) < 4.78 is 5.67. The van der Waals surface area contributed by atoms with Crippen molar-refractivity contribution in [2.45, 2.75) is 44.6 Å². The minimum absolute atomic E-state index is 0. The van der Waals surface area contributed by atoms with Gasteiger partial charge in [0.2, 0.25) is 0 Å². The maximum absolute atomic E-state index is 5.67. The summed E-state index contributed by atoms with van der Waals surface area (Å²) in [6, 6.07) is 10.5. The molecule has 4 nitrogen and oxygen atoms in total. The standard InChI is InChI=1S/C17H27N3O.HI/c1-18-17(20-15-9-4-2-5-10-15)19-13-8-14-21-16-11-6-3-7-12-16;/h3,6-7,11-12,15H,2,4-5,8-10,13-14H2,1H3,(H2,18,19,20);1H. The van der Waals surface area contributed by atoms with Crippen LogP contribution in [-0.2, 0) is 0 Å². The Bertz CT molecular complexity index is 419. The number of guanidine groups is 1. The number of ether oxygens (including phenoxy) is 1. The van der Waals surface area contributed by atoms with Crippen LogP contribution in [-0.4, -0.2) is 32.2 Å². The van der Waals surface area contributed by atoms with Gasteiger partial charge in [-0.3, -0.25) is 4.99 Å². The summed E-state index contributed by atoms with van der Waals surface area (Å²) in [5.41, 5.74) is 0. The minimum Gasteiger partial charge on any atom is -0.494 e. The second kappa shape index (κ2) is 11.6. The average molecular weight is 417 g/mol. The molecule has 22 heavy (non-hydrogen) atoms. The lowest BCUT2D eigenvalue weighted by Gasteiger charge is -2.24. The summed E-state index contributed by atoms with van der Waals surface area (Å²) in [5, 5.41) is 6.87. The smallest absolute Gasteiger partial charge is 0.191 e. The van der Waals surface area contributed by atoms with Gasteiger partial charge in [0, 0.05) is 19.6 Å². The summed E-state index contributed by atoms with van der Waals surface area (Å²) in [4.78, 5) is 4.29. The largest absolute Gasteiger partial charge is 0.494 e. The number of benzene rings is 1. The minimum atomic E-state index is 0. The second-order valence-corrected chi connectivity index (χ2v) is 5.49. The molecule has 0 saturated heterocycles. The van der Waals surface area contributed by atoms with Gasteiger partial charge < -0.3 is 15.4 Å². The van der Waals surface area contributed by atoms with Gasteiger partial charge >= 0.3 is 0 Å². The van der Waals surface area contributed by atoms with E-state index in [1.807, 2.05) is 37.4 Å². The third-order valence-electron chi connectivity index (χ3n) is 3.80. The normalized spacial score (nSPS) is 15.8. The van der Waals surface area contributed by atoms with Gasteiger partial charge in [-0.2, -0.15) is 0 Å². The first kappa shape index (κ1) is 19.1. The molecule has 0 bridgehead atoms. The van der Waals surface area contributed by atoms with E-state index in [1.54, 1.807) is 0 Å². The first-order valence-electron chi connectivity index (χ1n) is 8.03. The van der Waals surface area contributed by atoms with Crippen LogP contribution in [0, 0.1) is 0 Å². The van der Waals surface area contributed by atoms with E-state index in [9.17, 15) is 0 Å². The van der Waals surface area contributed by atoms with E-state index in [4.69, 9.17) is 4.74 Å². The molecule has 0 heterocycles. The Morgan fingerprint density at radius 1 is 1.18 bits per heavy atom. The highest BCUT2D eigenvalue weighted by Crippen LogP contribution is 2.17. The number of halogens is 1. The lowest BCUT2D eigenvalue weighted by molar-refractivity contribution is 0.311. The highest BCUT2D eigenvalue weighted by molar-refractivity contribution is 14.0. The number of nitrogens with zero attached hydrogens (tertiary/aromatic N) is 1. The van der Waals surface area contributed by atoms with Crippen LogP contribution < -0.4 is 15.4 Å². The summed E-state index contributed by atoms with van der Waals surface area (Å²) >= 11 is 0. The first-order chi connectivity index (χ1) is 10.4. The predicted octanol–water partition coefficient (Wildman–Crippen LogP) is 3.57. The van der Waals surface area contributed by atoms with Crippen LogP contribution in [0.4, 0.5) is 0 Å². The molecule has 1 aliphatic rings. The summed E-state index contributed by atoms with van der Waals surface area (Å²) in [6.45, 7) is 1.59. The van der Waals surface area contributed by atoms with Crippen molar-refractivity contribution in [2.75, 3.05) is 20.2 Å². The van der Waals surface area contributed by atoms with Crippen molar-refractivity contribution in [3.8, 4) is 5.75 Å². The van der Waals surface area contributed by atoms with Crippen LogP contribution in [0.15, 0.2) is 35.3 Å². The molecular weight excluding hydrogens is 389 g/mol. The number of nitrogens with one attached hydrogen (secondary N) is 2. The highest BCUT2D eigenvalue weighted by atomic mass is 127. The van der Waals surface area contributed by atoms with Crippen molar-refractivity contribution in [1.82, 2.24) is 10.6 Å². The van der Waals surface area contributed by atoms with Crippen molar-refractivity contribution < 1.29 is 4.74 Å². The Labute approximate surface area is 151 Å². The fraction of sp³-hybridized carbons (Fsp3) is 0.588. The lowest BCUT2D eigenvalue weighted by atomic mass is 9.96. The molecule has 1 aromatic rings. The third-order valence-corrected chi connectivity index (χ3v) is 3.80. The van der Waals surface area contributed by atoms with Crippen LogP contribution in [0.5, 0.6) is 5.75 Å². The van der Waals surface area contributed by atoms with Gasteiger partial charge in [-0.05, 0) is 31.4 Å². The first-order valence-corrected chi connectivity index (χ1v) is 8.03. The molecule has 2 N–H and O–H groups in total. The molecule has 0 aliphatic heterocycles. The number of rotatable bonds is 6. The molecule has 0 spiro atoms. The quantitative estimate of drug-likeness (QED) is 0.322. The lowest BCUT2D eigenvalue weighted by Crippen LogP contribution is -2.44. The summed E-state index contributed by atoms with van der Waals surface area (Å²) in [6.07, 6.45) is 7.52. The summed E-state index contributed by atoms with van der Waals surface area (Å²) in [5.74, 6) is 1.85. The zero-order valence-electron chi connectivity index (χ0n) is 13.4. The zero-order valence-corrected chi connectivity index (χ0v) is 15.7. The van der Waals surface area contributed by atoms with Crippen LogP contribution >= 0.6 is 24.0 Å². The monoisotopic (exact) mass is 417 g/mol. The van der Waals surface area contributed by atoms with Gasteiger partial charge in [-0.15, -0.1) is 24.0 Å². The highest BCUT2D eigenvalue weighted by Gasteiger charge is 2.13. The molecule has 1 saturated carbocycles. The van der Waals surface area contributed by atoms with Gasteiger partial charge in [0.05, 0.1) is 6.61 Å². The van der Waals surface area contributed by atoms with Gasteiger partial charge in [-0.1, -0.05) is 37.5 Å². The molecule has 1 aliphatic carbocycles. The molecule has 0 atom stereocenters. The van der Waals surface area contributed by atoms with E-state index in [-0.39, 0.29) is 24.0 Å². The molecular formula is C17H28IN3O. The van der Waals surface area contributed by atoms with Crippen molar-refractivity contribution >= 4 is 29.9 Å². The van der Waals surface area contributed by atoms with Crippen molar-refractivity contribution in [3.05, 3.63) is 30.3 Å². The van der Waals surface area contributed by atoms with Gasteiger partial charge in [-0.25, -0.2) is 0 Å². The molecule has 0 unspecified atom stereocenters. The van der Waals surface area contributed by atoms with Crippen LogP contribution in [0.25, 0.3) is 0 Å². The average Bonchev–Trinajstić information content (AvgIpc) is 2.55. The molecule has 0 aromatic heterocycles. The molecule has 0 radical (unpaired) electrons. The maximum atomic E-state index is 5.67. The van der Waals surface area contributed by atoms with Gasteiger partial charge in [0.1, 0.15) is 5.75 Å². The molecule has 1 fully saturated rings. The van der Waals surface area contributed by atoms with E-state index in [0.717, 1.165) is 31.3 Å². The van der Waals surface area contributed by atoms with Crippen molar-refractivity contribution in [2.24, 2.45) is 4.99 Å². The van der Waals surface area contributed by atoms with E-state index in [2.05, 4.69) is 15.6 Å². The molecule has 124 valence electrons. The Morgan fingerprint density at radius 2 is 1.91 bits per heavy atom. The van der Waals surface area contributed by atoms with E-state index < -0.39 is 0 Å². The van der Waals surface area contributed by atoms with Gasteiger partial charge in [0.25, 0.3) is 0 Å². The number of para-hydroxylation sites is 1. The zero-order chi connectivity index (χ0) is 14.8. The fourth-order valence-electron chi connectivity index (χ4n) is 2.62. The van der Waals surface area contributed by atoms with E-state index in [1.165, 1.54) is 32.1 Å². The Morgan fingerprint density at radius 3 is 2.59 bits per heavy atom. The number of aliphatic imine (C=N–C) groups is 1. The maximum Gasteiger partial charge on any atom is 0.191 e. The molecule has 1 aromatic carbocycles. The van der Waals surface area contributed by atoms with Gasteiger partial charge in [0.15, 0.2) is 5.96 Å². The molecule has 5 heteroatoms. The second-order valence-electron chi connectivity index (χ2n) is 5.49. The predicted molar refractivity (Wildman–Crippen MR) is 103 cm³/mol. The Kier molecular flexibility index (Phi) is 10.0. The van der Waals surface area contributed by atoms with Crippen molar-refractivity contribution in [3.63, 3.8) is 0 Å². The van der Waals surface area contributed by atoms with Crippen LogP contribution in [0.3, 0.4) is 0 Å². The van der Waals surface area contributed by atoms with Crippen LogP contribution in [0.2, 0.25) is 0 Å². The van der Waals surface area contributed by atoms with Crippen molar-refractivity contribution in [1.29, 1.82) is 0 Å². The van der Waals surface area contributed by atoms with E-state index >= 15 is 0 Å². The number of hydrogen-bond acceptors (Lipinski definition) is 2. The molecule has 2 rings (SSSR count). The third kappa shape index (κ3) is 7.33. The SMILES string of the molecule is CN=C(NCCCOc1ccccc1)NC1CCCCC1.I. The van der Waals surface area contributed by atoms with E-state index in [0.29, 0.717) is 6.04 Å². The Balaban J connectivity index is 0.00000242. The summed E-state index contributed by atoms with van der Waals surface area (Å²) in [7, 11) is 1.83.